The van der Waals surface area contributed by atoms with Crippen molar-refractivity contribution in [3.63, 3.8) is 0 Å². The molecule has 0 spiro atoms. The molecule has 0 aromatic heterocycles. The molecule has 0 saturated carbocycles. The number of ether oxygens (including phenoxy) is 1. The van der Waals surface area contributed by atoms with Gasteiger partial charge in [-0.15, -0.1) is 0 Å². The smallest absolute Gasteiger partial charge is 0.387 e. The summed E-state index contributed by atoms with van der Waals surface area (Å²) >= 11 is 0. The van der Waals surface area contributed by atoms with Crippen LogP contribution in [0, 0.1) is 5.82 Å². The molecule has 0 saturated heterocycles. The fourth-order valence-electron chi connectivity index (χ4n) is 1.83. The second kappa shape index (κ2) is 6.99. The molecule has 0 aliphatic carbocycles. The molecule has 0 bridgehead atoms. The minimum atomic E-state index is -2.84. The number of benzene rings is 2. The lowest BCUT2D eigenvalue weighted by Gasteiger charge is -2.08. The Bertz CT molecular complexity index is 588. The van der Waals surface area contributed by atoms with Crippen LogP contribution in [0.25, 0.3) is 0 Å². The van der Waals surface area contributed by atoms with Gasteiger partial charge in [0.25, 0.3) is 0 Å². The van der Waals surface area contributed by atoms with Crippen LogP contribution < -0.4 is 10.1 Å². The fraction of sp³-hybridized carbons (Fsp3) is 0.200. The molecule has 0 aliphatic heterocycles. The molecule has 2 aromatic carbocycles. The first kappa shape index (κ1) is 15.2. The Morgan fingerprint density at radius 1 is 1.05 bits per heavy atom. The SMILES string of the molecule is Oc1c(F)cccc1CNCc1ccc(OC(F)F)cc1. The third-order valence-corrected chi connectivity index (χ3v) is 2.86. The van der Waals surface area contributed by atoms with Gasteiger partial charge in [0.2, 0.25) is 0 Å². The molecule has 0 unspecified atom stereocenters. The summed E-state index contributed by atoms with van der Waals surface area (Å²) in [5.74, 6) is -0.940. The molecule has 0 aliphatic rings. The van der Waals surface area contributed by atoms with E-state index in [-0.39, 0.29) is 11.5 Å². The Morgan fingerprint density at radius 2 is 1.76 bits per heavy atom. The second-order valence-corrected chi connectivity index (χ2v) is 4.37. The maximum Gasteiger partial charge on any atom is 0.387 e. The highest BCUT2D eigenvalue weighted by molar-refractivity contribution is 5.33. The van der Waals surface area contributed by atoms with Gasteiger partial charge >= 0.3 is 6.61 Å². The third kappa shape index (κ3) is 4.39. The van der Waals surface area contributed by atoms with Crippen molar-refractivity contribution in [2.45, 2.75) is 19.7 Å². The van der Waals surface area contributed by atoms with E-state index in [9.17, 15) is 18.3 Å². The average Bonchev–Trinajstić information content (AvgIpc) is 2.45. The number of phenols is 1. The molecule has 3 nitrogen and oxygen atoms in total. The number of nitrogens with one attached hydrogen (secondary N) is 1. The molecule has 0 amide bonds. The van der Waals surface area contributed by atoms with E-state index in [1.807, 2.05) is 0 Å². The zero-order chi connectivity index (χ0) is 15.2. The first-order valence-electron chi connectivity index (χ1n) is 6.27. The molecule has 0 atom stereocenters. The standard InChI is InChI=1S/C15H14F3NO2/c16-13-3-1-2-11(14(13)20)9-19-8-10-4-6-12(7-5-10)21-15(17)18/h1-7,15,19-20H,8-9H2. The van der Waals surface area contributed by atoms with Crippen LogP contribution in [-0.2, 0) is 13.1 Å². The van der Waals surface area contributed by atoms with Crippen LogP contribution in [0.2, 0.25) is 0 Å². The van der Waals surface area contributed by atoms with Crippen LogP contribution in [0.5, 0.6) is 11.5 Å². The summed E-state index contributed by atoms with van der Waals surface area (Å²) in [4.78, 5) is 0. The normalized spacial score (nSPS) is 10.9. The van der Waals surface area contributed by atoms with E-state index in [4.69, 9.17) is 0 Å². The number of alkyl halides is 2. The minimum absolute atomic E-state index is 0.0940. The molecule has 0 fully saturated rings. The van der Waals surface area contributed by atoms with Crippen LogP contribution in [0.15, 0.2) is 42.5 Å². The summed E-state index contributed by atoms with van der Waals surface area (Å²) in [6.45, 7) is -2.10. The maximum atomic E-state index is 13.1. The number of para-hydroxylation sites is 1. The van der Waals surface area contributed by atoms with Crippen molar-refractivity contribution in [1.29, 1.82) is 0 Å². The van der Waals surface area contributed by atoms with E-state index in [0.717, 1.165) is 5.56 Å². The van der Waals surface area contributed by atoms with Crippen molar-refractivity contribution < 1.29 is 23.0 Å². The fourth-order valence-corrected chi connectivity index (χ4v) is 1.83. The maximum absolute atomic E-state index is 13.1. The highest BCUT2D eigenvalue weighted by Gasteiger charge is 2.06. The zero-order valence-corrected chi connectivity index (χ0v) is 11.0. The number of halogens is 3. The van der Waals surface area contributed by atoms with E-state index < -0.39 is 12.4 Å². The van der Waals surface area contributed by atoms with Gasteiger partial charge in [-0.3, -0.25) is 0 Å². The summed E-state index contributed by atoms with van der Waals surface area (Å²) in [5.41, 5.74) is 1.31. The number of hydrogen-bond donors (Lipinski definition) is 2. The quantitative estimate of drug-likeness (QED) is 0.858. The van der Waals surface area contributed by atoms with E-state index in [1.165, 1.54) is 24.3 Å². The van der Waals surface area contributed by atoms with Crippen molar-refractivity contribution in [3.05, 3.63) is 59.4 Å². The van der Waals surface area contributed by atoms with Crippen molar-refractivity contribution in [2.75, 3.05) is 0 Å². The predicted molar refractivity (Wildman–Crippen MR) is 71.7 cm³/mol. The van der Waals surface area contributed by atoms with Crippen molar-refractivity contribution in [2.24, 2.45) is 0 Å². The Morgan fingerprint density at radius 3 is 2.43 bits per heavy atom. The van der Waals surface area contributed by atoms with Gasteiger partial charge in [-0.1, -0.05) is 24.3 Å². The summed E-state index contributed by atoms with van der Waals surface area (Å²) < 4.78 is 41.4. The van der Waals surface area contributed by atoms with Gasteiger partial charge in [0.05, 0.1) is 0 Å². The lowest BCUT2D eigenvalue weighted by atomic mass is 10.1. The van der Waals surface area contributed by atoms with Crippen molar-refractivity contribution in [3.8, 4) is 11.5 Å². The molecule has 2 N–H and O–H groups in total. The highest BCUT2D eigenvalue weighted by atomic mass is 19.3. The number of phenolic OH excluding ortho intramolecular Hbond substituents is 1. The predicted octanol–water partition coefficient (Wildman–Crippen LogP) is 3.42. The Labute approximate surface area is 120 Å². The molecule has 0 radical (unpaired) electrons. The molecule has 112 valence electrons. The number of hydrogen-bond acceptors (Lipinski definition) is 3. The molecular weight excluding hydrogens is 283 g/mol. The minimum Gasteiger partial charge on any atom is -0.505 e. The van der Waals surface area contributed by atoms with Gasteiger partial charge in [0, 0.05) is 18.7 Å². The van der Waals surface area contributed by atoms with Crippen LogP contribution in [0.3, 0.4) is 0 Å². The summed E-state index contributed by atoms with van der Waals surface area (Å²) in [5, 5.41) is 12.5. The topological polar surface area (TPSA) is 41.5 Å². The summed E-state index contributed by atoms with van der Waals surface area (Å²) in [6.07, 6.45) is 0. The molecule has 6 heteroatoms. The number of rotatable bonds is 6. The van der Waals surface area contributed by atoms with Crippen LogP contribution >= 0.6 is 0 Å². The third-order valence-electron chi connectivity index (χ3n) is 2.86. The Kier molecular flexibility index (Phi) is 5.05. The average molecular weight is 297 g/mol. The molecular formula is C15H14F3NO2. The Balaban J connectivity index is 1.87. The van der Waals surface area contributed by atoms with Crippen molar-refractivity contribution >= 4 is 0 Å². The molecule has 0 heterocycles. The van der Waals surface area contributed by atoms with Gasteiger partial charge in [-0.25, -0.2) is 4.39 Å². The second-order valence-electron chi connectivity index (χ2n) is 4.37. The summed E-state index contributed by atoms with van der Waals surface area (Å²) in [6, 6.07) is 10.5. The van der Waals surface area contributed by atoms with Gasteiger partial charge in [-0.2, -0.15) is 8.78 Å². The van der Waals surface area contributed by atoms with E-state index >= 15 is 0 Å². The van der Waals surface area contributed by atoms with E-state index in [0.29, 0.717) is 18.7 Å². The van der Waals surface area contributed by atoms with Gasteiger partial charge in [0.15, 0.2) is 11.6 Å². The first-order valence-corrected chi connectivity index (χ1v) is 6.27. The van der Waals surface area contributed by atoms with Gasteiger partial charge < -0.3 is 15.2 Å². The lowest BCUT2D eigenvalue weighted by Crippen LogP contribution is -2.13. The highest BCUT2D eigenvalue weighted by Crippen LogP contribution is 2.20. The summed E-state index contributed by atoms with van der Waals surface area (Å²) in [7, 11) is 0. The molecule has 21 heavy (non-hydrogen) atoms. The van der Waals surface area contributed by atoms with Gasteiger partial charge in [-0.05, 0) is 23.8 Å². The van der Waals surface area contributed by atoms with Crippen molar-refractivity contribution in [1.82, 2.24) is 5.32 Å². The largest absolute Gasteiger partial charge is 0.505 e. The number of aromatic hydroxyl groups is 1. The van der Waals surface area contributed by atoms with E-state index in [1.54, 1.807) is 18.2 Å². The van der Waals surface area contributed by atoms with Gasteiger partial charge in [0.1, 0.15) is 5.75 Å². The van der Waals surface area contributed by atoms with Crippen LogP contribution in [-0.4, -0.2) is 11.7 Å². The first-order chi connectivity index (χ1) is 10.1. The molecule has 2 rings (SSSR count). The zero-order valence-electron chi connectivity index (χ0n) is 11.0. The lowest BCUT2D eigenvalue weighted by molar-refractivity contribution is -0.0498. The Hall–Kier alpha value is -2.21. The van der Waals surface area contributed by atoms with Crippen LogP contribution in [0.1, 0.15) is 11.1 Å². The molecule has 2 aromatic rings. The van der Waals surface area contributed by atoms with Crippen LogP contribution in [0.4, 0.5) is 13.2 Å². The van der Waals surface area contributed by atoms with E-state index in [2.05, 4.69) is 10.1 Å². The monoisotopic (exact) mass is 297 g/mol.